The number of ether oxygens (including phenoxy) is 1. The summed E-state index contributed by atoms with van der Waals surface area (Å²) in [6.45, 7) is 0. The minimum absolute atomic E-state index is 0.0510. The predicted octanol–water partition coefficient (Wildman–Crippen LogP) is 3.35. The van der Waals surface area contributed by atoms with Crippen LogP contribution in [0.5, 0.6) is 5.75 Å². The van der Waals surface area contributed by atoms with Crippen molar-refractivity contribution < 1.29 is 14.6 Å². The summed E-state index contributed by atoms with van der Waals surface area (Å²) in [5.41, 5.74) is 2.02. The molecule has 3 heteroatoms. The SMILES string of the molecule is COC(=O)c1ccc(/C=C/c2ccccc2)c(O)c1. The van der Waals surface area contributed by atoms with Gasteiger partial charge in [-0.3, -0.25) is 0 Å². The Labute approximate surface area is 111 Å². The van der Waals surface area contributed by atoms with Gasteiger partial charge >= 0.3 is 5.97 Å². The number of benzene rings is 2. The normalized spacial score (nSPS) is 10.6. The Morgan fingerprint density at radius 1 is 1.11 bits per heavy atom. The second-order valence-corrected chi connectivity index (χ2v) is 4.01. The lowest BCUT2D eigenvalue weighted by Crippen LogP contribution is -2.00. The summed E-state index contributed by atoms with van der Waals surface area (Å²) in [6, 6.07) is 14.5. The van der Waals surface area contributed by atoms with Gasteiger partial charge in [0.15, 0.2) is 0 Å². The third-order valence-electron chi connectivity index (χ3n) is 2.71. The van der Waals surface area contributed by atoms with Gasteiger partial charge in [0.1, 0.15) is 5.75 Å². The molecule has 2 aromatic rings. The van der Waals surface area contributed by atoms with E-state index in [9.17, 15) is 9.90 Å². The number of hydrogen-bond donors (Lipinski definition) is 1. The lowest BCUT2D eigenvalue weighted by atomic mass is 10.1. The zero-order valence-corrected chi connectivity index (χ0v) is 10.5. The fraction of sp³-hybridized carbons (Fsp3) is 0.0625. The van der Waals surface area contributed by atoms with Crippen LogP contribution in [0.25, 0.3) is 12.2 Å². The van der Waals surface area contributed by atoms with Crippen molar-refractivity contribution in [3.8, 4) is 5.75 Å². The summed E-state index contributed by atoms with van der Waals surface area (Å²) in [5.74, 6) is -0.413. The number of phenols is 1. The van der Waals surface area contributed by atoms with E-state index in [1.54, 1.807) is 18.2 Å². The van der Waals surface area contributed by atoms with E-state index in [1.807, 2.05) is 36.4 Å². The Morgan fingerprint density at radius 2 is 1.84 bits per heavy atom. The molecule has 0 spiro atoms. The summed E-state index contributed by atoms with van der Waals surface area (Å²) < 4.78 is 4.59. The Bertz CT molecular complexity index is 601. The van der Waals surface area contributed by atoms with Gasteiger partial charge in [0.05, 0.1) is 12.7 Å². The van der Waals surface area contributed by atoms with Crippen molar-refractivity contribution in [2.45, 2.75) is 0 Å². The molecule has 96 valence electrons. The second kappa shape index (κ2) is 5.87. The first-order valence-corrected chi connectivity index (χ1v) is 5.85. The van der Waals surface area contributed by atoms with E-state index in [0.29, 0.717) is 11.1 Å². The topological polar surface area (TPSA) is 46.5 Å². The number of phenolic OH excluding ortho intramolecular Hbond substituents is 1. The van der Waals surface area contributed by atoms with Gasteiger partial charge in [-0.1, -0.05) is 48.6 Å². The number of aromatic hydroxyl groups is 1. The minimum Gasteiger partial charge on any atom is -0.507 e. The first-order valence-electron chi connectivity index (χ1n) is 5.85. The summed E-state index contributed by atoms with van der Waals surface area (Å²) in [6.07, 6.45) is 3.69. The molecule has 0 aliphatic rings. The van der Waals surface area contributed by atoms with Crippen molar-refractivity contribution in [2.24, 2.45) is 0 Å². The molecule has 0 atom stereocenters. The Balaban J connectivity index is 2.22. The fourth-order valence-corrected chi connectivity index (χ4v) is 1.68. The molecule has 0 radical (unpaired) electrons. The molecule has 0 saturated carbocycles. The third-order valence-corrected chi connectivity index (χ3v) is 2.71. The lowest BCUT2D eigenvalue weighted by Gasteiger charge is -2.03. The molecule has 0 heterocycles. The van der Waals surface area contributed by atoms with Gasteiger partial charge in [0.2, 0.25) is 0 Å². The molecule has 0 aliphatic carbocycles. The summed E-state index contributed by atoms with van der Waals surface area (Å²) in [7, 11) is 1.31. The Kier molecular flexibility index (Phi) is 3.98. The van der Waals surface area contributed by atoms with Crippen LogP contribution < -0.4 is 0 Å². The van der Waals surface area contributed by atoms with Gasteiger partial charge in [-0.05, 0) is 17.7 Å². The molecule has 2 rings (SSSR count). The second-order valence-electron chi connectivity index (χ2n) is 4.01. The maximum Gasteiger partial charge on any atom is 0.337 e. The molecule has 1 N–H and O–H groups in total. The zero-order valence-electron chi connectivity index (χ0n) is 10.5. The highest BCUT2D eigenvalue weighted by molar-refractivity contribution is 5.90. The van der Waals surface area contributed by atoms with Crippen molar-refractivity contribution in [1.29, 1.82) is 0 Å². The largest absolute Gasteiger partial charge is 0.507 e. The highest BCUT2D eigenvalue weighted by Crippen LogP contribution is 2.21. The van der Waals surface area contributed by atoms with Crippen LogP contribution in [0.4, 0.5) is 0 Å². The molecular formula is C16H14O3. The number of methoxy groups -OCH3 is 1. The molecule has 3 nitrogen and oxygen atoms in total. The van der Waals surface area contributed by atoms with Crippen molar-refractivity contribution in [2.75, 3.05) is 7.11 Å². The van der Waals surface area contributed by atoms with Gasteiger partial charge in [-0.15, -0.1) is 0 Å². The van der Waals surface area contributed by atoms with E-state index in [0.717, 1.165) is 5.56 Å². The molecule has 0 fully saturated rings. The zero-order chi connectivity index (χ0) is 13.7. The maximum atomic E-state index is 11.3. The summed E-state index contributed by atoms with van der Waals surface area (Å²) in [4.78, 5) is 11.3. The number of esters is 1. The highest BCUT2D eigenvalue weighted by atomic mass is 16.5. The van der Waals surface area contributed by atoms with Crippen LogP contribution in [0.1, 0.15) is 21.5 Å². The van der Waals surface area contributed by atoms with E-state index in [1.165, 1.54) is 13.2 Å². The first-order chi connectivity index (χ1) is 9.20. The molecule has 19 heavy (non-hydrogen) atoms. The van der Waals surface area contributed by atoms with Gasteiger partial charge in [0.25, 0.3) is 0 Å². The number of carbonyl (C=O) groups excluding carboxylic acids is 1. The lowest BCUT2D eigenvalue weighted by molar-refractivity contribution is 0.0600. The predicted molar refractivity (Wildman–Crippen MR) is 74.8 cm³/mol. The molecule has 0 aliphatic heterocycles. The quantitative estimate of drug-likeness (QED) is 0.675. The van der Waals surface area contributed by atoms with Crippen LogP contribution in [-0.4, -0.2) is 18.2 Å². The molecule has 0 aromatic heterocycles. The van der Waals surface area contributed by atoms with E-state index in [2.05, 4.69) is 4.74 Å². The number of rotatable bonds is 3. The smallest absolute Gasteiger partial charge is 0.337 e. The first kappa shape index (κ1) is 12.9. The van der Waals surface area contributed by atoms with Gasteiger partial charge < -0.3 is 9.84 Å². The van der Waals surface area contributed by atoms with Crippen LogP contribution in [0.3, 0.4) is 0 Å². The Morgan fingerprint density at radius 3 is 2.47 bits per heavy atom. The van der Waals surface area contributed by atoms with Crippen LogP contribution in [0.2, 0.25) is 0 Å². The van der Waals surface area contributed by atoms with Gasteiger partial charge in [-0.25, -0.2) is 4.79 Å². The van der Waals surface area contributed by atoms with Crippen molar-refractivity contribution in [3.05, 3.63) is 65.2 Å². The average Bonchev–Trinajstić information content (AvgIpc) is 2.46. The van der Waals surface area contributed by atoms with Crippen LogP contribution in [0, 0.1) is 0 Å². The van der Waals surface area contributed by atoms with Crippen molar-refractivity contribution in [1.82, 2.24) is 0 Å². The fourth-order valence-electron chi connectivity index (χ4n) is 1.68. The van der Waals surface area contributed by atoms with Crippen molar-refractivity contribution >= 4 is 18.1 Å². The standard InChI is InChI=1S/C16H14O3/c1-19-16(18)14-10-9-13(15(17)11-14)8-7-12-5-3-2-4-6-12/h2-11,17H,1H3/b8-7+. The monoisotopic (exact) mass is 254 g/mol. The highest BCUT2D eigenvalue weighted by Gasteiger charge is 2.07. The van der Waals surface area contributed by atoms with Crippen LogP contribution in [-0.2, 0) is 4.74 Å². The van der Waals surface area contributed by atoms with Crippen molar-refractivity contribution in [3.63, 3.8) is 0 Å². The molecule has 0 saturated heterocycles. The number of hydrogen-bond acceptors (Lipinski definition) is 3. The molecule has 0 bridgehead atoms. The Hall–Kier alpha value is -2.55. The molecule has 0 unspecified atom stereocenters. The van der Waals surface area contributed by atoms with E-state index >= 15 is 0 Å². The van der Waals surface area contributed by atoms with Gasteiger partial charge in [0, 0.05) is 5.56 Å². The maximum absolute atomic E-state index is 11.3. The molecular weight excluding hydrogens is 240 g/mol. The number of carbonyl (C=O) groups is 1. The molecule has 2 aromatic carbocycles. The van der Waals surface area contributed by atoms with E-state index in [4.69, 9.17) is 0 Å². The average molecular weight is 254 g/mol. The summed E-state index contributed by atoms with van der Waals surface area (Å²) in [5, 5.41) is 9.85. The minimum atomic E-state index is -0.464. The third kappa shape index (κ3) is 3.22. The van der Waals surface area contributed by atoms with Gasteiger partial charge in [-0.2, -0.15) is 0 Å². The molecule has 0 amide bonds. The van der Waals surface area contributed by atoms with E-state index < -0.39 is 5.97 Å². The van der Waals surface area contributed by atoms with Crippen LogP contribution >= 0.6 is 0 Å². The summed E-state index contributed by atoms with van der Waals surface area (Å²) >= 11 is 0. The van der Waals surface area contributed by atoms with E-state index in [-0.39, 0.29) is 5.75 Å². The van der Waals surface area contributed by atoms with Crippen LogP contribution in [0.15, 0.2) is 48.5 Å².